The van der Waals surface area contributed by atoms with Crippen LogP contribution in [0.3, 0.4) is 0 Å². The van der Waals surface area contributed by atoms with Gasteiger partial charge >= 0.3 is 6.09 Å². The van der Waals surface area contributed by atoms with Crippen LogP contribution in [0.25, 0.3) is 0 Å². The number of rotatable bonds is 5. The smallest absolute Gasteiger partial charge is 0.434 e. The van der Waals surface area contributed by atoms with Crippen molar-refractivity contribution in [2.75, 3.05) is 18.1 Å². The van der Waals surface area contributed by atoms with E-state index in [-0.39, 0.29) is 0 Å². The molecule has 1 amide bonds. The van der Waals surface area contributed by atoms with Crippen LogP contribution in [0.15, 0.2) is 0 Å². The van der Waals surface area contributed by atoms with E-state index in [1.165, 1.54) is 0 Å². The fourth-order valence-electron chi connectivity index (χ4n) is 0.777. The number of halogens is 1. The van der Waals surface area contributed by atoms with Gasteiger partial charge in [-0.05, 0) is 38.0 Å². The highest BCUT2D eigenvalue weighted by molar-refractivity contribution is 14.1. The molecule has 0 atom stereocenters. The Morgan fingerprint density at radius 1 is 1.33 bits per heavy atom. The zero-order valence-corrected chi connectivity index (χ0v) is 12.0. The van der Waals surface area contributed by atoms with Crippen LogP contribution in [0.4, 0.5) is 4.79 Å². The van der Waals surface area contributed by atoms with E-state index in [9.17, 15) is 4.79 Å². The number of amides is 1. The Balaban J connectivity index is 3.70. The molecule has 0 fully saturated rings. The number of carbonyl (C=O) groups excluding carboxylic acids is 1. The topological polar surface area (TPSA) is 38.8 Å². The number of hydroxylamine groups is 2. The summed E-state index contributed by atoms with van der Waals surface area (Å²) in [5.41, 5.74) is -0.475. The van der Waals surface area contributed by atoms with Crippen LogP contribution in [0.1, 0.15) is 33.6 Å². The Morgan fingerprint density at radius 3 is 2.40 bits per heavy atom. The molecule has 0 radical (unpaired) electrons. The van der Waals surface area contributed by atoms with Gasteiger partial charge in [0.25, 0.3) is 0 Å². The monoisotopic (exact) mass is 329 g/mol. The van der Waals surface area contributed by atoms with Gasteiger partial charge in [-0.2, -0.15) is 5.06 Å². The van der Waals surface area contributed by atoms with Gasteiger partial charge < -0.3 is 4.74 Å². The van der Waals surface area contributed by atoms with E-state index in [0.29, 0.717) is 6.61 Å². The van der Waals surface area contributed by atoms with Crippen LogP contribution >= 0.6 is 22.6 Å². The first kappa shape index (κ1) is 15.0. The van der Waals surface area contributed by atoms with Crippen LogP contribution in [0.5, 0.6) is 0 Å². The van der Waals surface area contributed by atoms with Gasteiger partial charge in [-0.3, -0.25) is 4.84 Å². The minimum atomic E-state index is -0.475. The quantitative estimate of drug-likeness (QED) is 0.337. The summed E-state index contributed by atoms with van der Waals surface area (Å²) >= 11 is 2.31. The van der Waals surface area contributed by atoms with Gasteiger partial charge in [0.15, 0.2) is 0 Å². The van der Waals surface area contributed by atoms with Crippen molar-refractivity contribution in [3.05, 3.63) is 0 Å². The van der Waals surface area contributed by atoms with E-state index in [4.69, 9.17) is 9.57 Å². The van der Waals surface area contributed by atoms with E-state index in [0.717, 1.165) is 22.3 Å². The highest BCUT2D eigenvalue weighted by atomic mass is 127. The van der Waals surface area contributed by atoms with Gasteiger partial charge in [0.05, 0.1) is 6.61 Å². The van der Waals surface area contributed by atoms with Gasteiger partial charge in [0.1, 0.15) is 5.60 Å². The molecule has 0 unspecified atom stereocenters. The van der Waals surface area contributed by atoms with Gasteiger partial charge in [-0.1, -0.05) is 22.6 Å². The number of ether oxygens (including phenoxy) is 1. The van der Waals surface area contributed by atoms with Crippen LogP contribution in [0, 0.1) is 0 Å². The second-order valence-electron chi connectivity index (χ2n) is 4.21. The number of unbranched alkanes of at least 4 members (excludes halogenated alkanes) is 1. The maximum absolute atomic E-state index is 11.4. The second kappa shape index (κ2) is 7.27. The molecule has 0 aromatic rings. The van der Waals surface area contributed by atoms with E-state index in [2.05, 4.69) is 22.6 Å². The SMILES string of the molecule is CN(OCCCCI)C(=O)OC(C)(C)C. The molecular weight excluding hydrogens is 309 g/mol. The van der Waals surface area contributed by atoms with Gasteiger partial charge in [0, 0.05) is 7.05 Å². The summed E-state index contributed by atoms with van der Waals surface area (Å²) in [7, 11) is 1.57. The second-order valence-corrected chi connectivity index (χ2v) is 5.29. The third-order valence-electron chi connectivity index (χ3n) is 1.46. The molecule has 0 aliphatic heterocycles. The molecule has 0 rings (SSSR count). The first-order valence-corrected chi connectivity index (χ1v) is 6.55. The summed E-state index contributed by atoms with van der Waals surface area (Å²) in [6.45, 7) is 6.04. The Hall–Kier alpha value is -0.0400. The molecule has 15 heavy (non-hydrogen) atoms. The molecule has 0 heterocycles. The predicted octanol–water partition coefficient (Wildman–Crippen LogP) is 3.00. The highest BCUT2D eigenvalue weighted by Gasteiger charge is 2.19. The molecule has 0 bridgehead atoms. The molecule has 0 saturated heterocycles. The van der Waals surface area contributed by atoms with Crippen LogP contribution < -0.4 is 0 Å². The largest absolute Gasteiger partial charge is 0.442 e. The molecule has 0 saturated carbocycles. The van der Waals surface area contributed by atoms with Crippen LogP contribution in [0.2, 0.25) is 0 Å². The summed E-state index contributed by atoms with van der Waals surface area (Å²) in [6.07, 6.45) is 1.61. The number of carbonyl (C=O) groups is 1. The number of hydrogen-bond acceptors (Lipinski definition) is 3. The van der Waals surface area contributed by atoms with Crippen LogP contribution in [-0.4, -0.2) is 34.8 Å². The maximum Gasteiger partial charge on any atom is 0.434 e. The van der Waals surface area contributed by atoms with Crippen molar-refractivity contribution in [3.63, 3.8) is 0 Å². The van der Waals surface area contributed by atoms with E-state index >= 15 is 0 Å². The average Bonchev–Trinajstić information content (AvgIpc) is 2.09. The number of alkyl halides is 1. The molecule has 0 aliphatic carbocycles. The van der Waals surface area contributed by atoms with Gasteiger partial charge in [-0.25, -0.2) is 4.79 Å². The highest BCUT2D eigenvalue weighted by Crippen LogP contribution is 2.09. The first-order valence-electron chi connectivity index (χ1n) is 5.02. The summed E-state index contributed by atoms with van der Waals surface area (Å²) in [4.78, 5) is 16.6. The molecule has 0 N–H and O–H groups in total. The van der Waals surface area contributed by atoms with E-state index in [1.54, 1.807) is 7.05 Å². The van der Waals surface area contributed by atoms with Crippen molar-refractivity contribution < 1.29 is 14.4 Å². The van der Waals surface area contributed by atoms with Crippen molar-refractivity contribution in [3.8, 4) is 0 Å². The van der Waals surface area contributed by atoms with Crippen LogP contribution in [-0.2, 0) is 9.57 Å². The molecule has 0 spiro atoms. The Kier molecular flexibility index (Phi) is 7.25. The third-order valence-corrected chi connectivity index (χ3v) is 2.23. The third kappa shape index (κ3) is 8.92. The molecule has 4 nitrogen and oxygen atoms in total. The van der Waals surface area contributed by atoms with Gasteiger partial charge in [-0.15, -0.1) is 0 Å². The number of nitrogens with zero attached hydrogens (tertiary/aromatic N) is 1. The normalized spacial score (nSPS) is 11.3. The summed E-state index contributed by atoms with van der Waals surface area (Å²) in [5.74, 6) is 0. The molecular formula is C10H20INO3. The molecule has 90 valence electrons. The zero-order chi connectivity index (χ0) is 11.9. The lowest BCUT2D eigenvalue weighted by atomic mass is 10.2. The summed E-state index contributed by atoms with van der Waals surface area (Å²) < 4.78 is 6.23. The van der Waals surface area contributed by atoms with Crippen molar-refractivity contribution in [2.24, 2.45) is 0 Å². The van der Waals surface area contributed by atoms with Crippen molar-refractivity contribution in [1.29, 1.82) is 0 Å². The van der Waals surface area contributed by atoms with Crippen molar-refractivity contribution in [2.45, 2.75) is 39.2 Å². The molecule has 0 aromatic heterocycles. The van der Waals surface area contributed by atoms with E-state index in [1.807, 2.05) is 20.8 Å². The summed E-state index contributed by atoms with van der Waals surface area (Å²) in [6, 6.07) is 0. The molecule has 0 aliphatic rings. The predicted molar refractivity (Wildman–Crippen MR) is 68.1 cm³/mol. The fraction of sp³-hybridized carbons (Fsp3) is 0.900. The Morgan fingerprint density at radius 2 is 1.93 bits per heavy atom. The van der Waals surface area contributed by atoms with Gasteiger partial charge in [0.2, 0.25) is 0 Å². The molecule has 0 aromatic carbocycles. The first-order chi connectivity index (χ1) is 6.87. The standard InChI is InChI=1S/C10H20INO3/c1-10(2,3)15-9(13)12(4)14-8-6-5-7-11/h5-8H2,1-4H3. The zero-order valence-electron chi connectivity index (χ0n) is 9.88. The Bertz CT molecular complexity index is 192. The lowest BCUT2D eigenvalue weighted by molar-refractivity contribution is -0.131. The Labute approximate surface area is 105 Å². The average molecular weight is 329 g/mol. The lowest BCUT2D eigenvalue weighted by Crippen LogP contribution is -2.34. The molecule has 5 heteroatoms. The maximum atomic E-state index is 11.4. The minimum Gasteiger partial charge on any atom is -0.442 e. The van der Waals surface area contributed by atoms with E-state index < -0.39 is 11.7 Å². The fourth-order valence-corrected chi connectivity index (χ4v) is 1.32. The minimum absolute atomic E-state index is 0.447. The van der Waals surface area contributed by atoms with Crippen molar-refractivity contribution >= 4 is 28.7 Å². The van der Waals surface area contributed by atoms with Crippen molar-refractivity contribution in [1.82, 2.24) is 5.06 Å². The summed E-state index contributed by atoms with van der Waals surface area (Å²) in [5, 5.41) is 1.15. The number of hydrogen-bond donors (Lipinski definition) is 0. The lowest BCUT2D eigenvalue weighted by Gasteiger charge is -2.23.